The molecule has 0 N–H and O–H groups in total. The van der Waals surface area contributed by atoms with E-state index < -0.39 is 0 Å². The molecule has 0 aliphatic carbocycles. The molecule has 4 nitrogen and oxygen atoms in total. The molecular weight excluding hydrogens is 216 g/mol. The number of methoxy groups -OCH3 is 1. The Bertz CT molecular complexity index is 406. The van der Waals surface area contributed by atoms with Gasteiger partial charge in [0.15, 0.2) is 0 Å². The van der Waals surface area contributed by atoms with Gasteiger partial charge in [0.25, 0.3) is 0 Å². The molecule has 0 aliphatic heterocycles. The van der Waals surface area contributed by atoms with Crippen LogP contribution >= 0.6 is 0 Å². The van der Waals surface area contributed by atoms with Gasteiger partial charge in [-0.25, -0.2) is 0 Å². The van der Waals surface area contributed by atoms with Crippen LogP contribution in [0.25, 0.3) is 0 Å². The molecule has 0 aromatic heterocycles. The third-order valence-electron chi connectivity index (χ3n) is 2.52. The standard InChI is InChI=1S/C13H16N2O2/c1-3-15(10-13(16)17-2)9-12-6-4-11(8-14)5-7-12/h4-7H,3,9-10H2,1-2H3. The lowest BCUT2D eigenvalue weighted by molar-refractivity contribution is -0.142. The van der Waals surface area contributed by atoms with Gasteiger partial charge in [-0.1, -0.05) is 19.1 Å². The van der Waals surface area contributed by atoms with Crippen LogP contribution in [0, 0.1) is 11.3 Å². The molecule has 90 valence electrons. The summed E-state index contributed by atoms with van der Waals surface area (Å²) in [5, 5.41) is 8.69. The van der Waals surface area contributed by atoms with Crippen molar-refractivity contribution in [1.29, 1.82) is 5.26 Å². The zero-order valence-electron chi connectivity index (χ0n) is 10.1. The summed E-state index contributed by atoms with van der Waals surface area (Å²) in [6, 6.07) is 9.44. The predicted molar refractivity (Wildman–Crippen MR) is 64.1 cm³/mol. The number of rotatable bonds is 5. The van der Waals surface area contributed by atoms with Crippen LogP contribution in [0.5, 0.6) is 0 Å². The Kier molecular flexibility index (Phi) is 5.18. The molecular formula is C13H16N2O2. The zero-order chi connectivity index (χ0) is 12.7. The van der Waals surface area contributed by atoms with Crippen molar-refractivity contribution in [3.8, 4) is 6.07 Å². The van der Waals surface area contributed by atoms with Gasteiger partial charge in [0.2, 0.25) is 0 Å². The van der Waals surface area contributed by atoms with Gasteiger partial charge in [-0.2, -0.15) is 5.26 Å². The van der Waals surface area contributed by atoms with E-state index in [1.807, 2.05) is 24.0 Å². The summed E-state index contributed by atoms with van der Waals surface area (Å²) in [6.45, 7) is 3.73. The van der Waals surface area contributed by atoms with E-state index in [9.17, 15) is 4.79 Å². The van der Waals surface area contributed by atoms with Crippen molar-refractivity contribution in [1.82, 2.24) is 4.90 Å². The van der Waals surface area contributed by atoms with Crippen LogP contribution in [0.3, 0.4) is 0 Å². The minimum atomic E-state index is -0.236. The molecule has 0 saturated heterocycles. The van der Waals surface area contributed by atoms with Crippen molar-refractivity contribution in [3.05, 3.63) is 35.4 Å². The highest BCUT2D eigenvalue weighted by Gasteiger charge is 2.09. The van der Waals surface area contributed by atoms with Crippen LogP contribution < -0.4 is 0 Å². The number of nitriles is 1. The monoisotopic (exact) mass is 232 g/mol. The summed E-state index contributed by atoms with van der Waals surface area (Å²) in [7, 11) is 1.39. The Morgan fingerprint density at radius 2 is 2.06 bits per heavy atom. The Hall–Kier alpha value is -1.86. The van der Waals surface area contributed by atoms with Gasteiger partial charge in [0, 0.05) is 6.54 Å². The van der Waals surface area contributed by atoms with Gasteiger partial charge in [0.05, 0.1) is 25.3 Å². The molecule has 0 spiro atoms. The summed E-state index contributed by atoms with van der Waals surface area (Å²) in [5.41, 5.74) is 1.72. The third-order valence-corrected chi connectivity index (χ3v) is 2.52. The van der Waals surface area contributed by atoms with E-state index in [2.05, 4.69) is 10.8 Å². The minimum Gasteiger partial charge on any atom is -0.468 e. The topological polar surface area (TPSA) is 53.3 Å². The van der Waals surface area contributed by atoms with Gasteiger partial charge in [-0.3, -0.25) is 9.69 Å². The average Bonchev–Trinajstić information content (AvgIpc) is 2.38. The molecule has 0 atom stereocenters. The van der Waals surface area contributed by atoms with Crippen LogP contribution in [0.4, 0.5) is 0 Å². The first-order valence-corrected chi connectivity index (χ1v) is 5.47. The number of likely N-dealkylation sites (N-methyl/N-ethyl adjacent to an activating group) is 1. The highest BCUT2D eigenvalue weighted by Crippen LogP contribution is 2.07. The maximum Gasteiger partial charge on any atom is 0.319 e. The van der Waals surface area contributed by atoms with Crippen LogP contribution in [0.1, 0.15) is 18.1 Å². The fourth-order valence-electron chi connectivity index (χ4n) is 1.47. The zero-order valence-corrected chi connectivity index (χ0v) is 10.1. The average molecular weight is 232 g/mol. The first-order valence-electron chi connectivity index (χ1n) is 5.47. The second-order valence-corrected chi connectivity index (χ2v) is 3.69. The summed E-state index contributed by atoms with van der Waals surface area (Å²) in [4.78, 5) is 13.1. The number of carbonyl (C=O) groups is 1. The largest absolute Gasteiger partial charge is 0.468 e. The molecule has 0 amide bonds. The summed E-state index contributed by atoms with van der Waals surface area (Å²) < 4.78 is 4.63. The molecule has 17 heavy (non-hydrogen) atoms. The summed E-state index contributed by atoms with van der Waals surface area (Å²) in [6.07, 6.45) is 0. The van der Waals surface area contributed by atoms with Crippen molar-refractivity contribution in [2.75, 3.05) is 20.2 Å². The molecule has 1 aromatic rings. The highest BCUT2D eigenvalue weighted by molar-refractivity contribution is 5.71. The number of hydrogen-bond donors (Lipinski definition) is 0. The molecule has 0 bridgehead atoms. The molecule has 0 aliphatic rings. The van der Waals surface area contributed by atoms with E-state index in [1.165, 1.54) is 7.11 Å². The summed E-state index contributed by atoms with van der Waals surface area (Å²) >= 11 is 0. The van der Waals surface area contributed by atoms with E-state index in [4.69, 9.17) is 5.26 Å². The molecule has 0 radical (unpaired) electrons. The normalized spacial score (nSPS) is 10.0. The molecule has 0 unspecified atom stereocenters. The molecule has 0 saturated carbocycles. The SMILES string of the molecule is CCN(CC(=O)OC)Cc1ccc(C#N)cc1. The minimum absolute atomic E-state index is 0.236. The fourth-order valence-corrected chi connectivity index (χ4v) is 1.47. The molecule has 0 fully saturated rings. The predicted octanol–water partition coefficient (Wildman–Crippen LogP) is 1.55. The number of nitrogens with zero attached hydrogens (tertiary/aromatic N) is 2. The van der Waals surface area contributed by atoms with Crippen LogP contribution in [0.2, 0.25) is 0 Å². The first-order chi connectivity index (χ1) is 8.19. The van der Waals surface area contributed by atoms with E-state index >= 15 is 0 Å². The quantitative estimate of drug-likeness (QED) is 0.723. The Morgan fingerprint density at radius 3 is 2.53 bits per heavy atom. The van der Waals surface area contributed by atoms with Crippen LogP contribution in [-0.2, 0) is 16.1 Å². The smallest absolute Gasteiger partial charge is 0.319 e. The van der Waals surface area contributed by atoms with Crippen LogP contribution in [0.15, 0.2) is 24.3 Å². The van der Waals surface area contributed by atoms with Crippen molar-refractivity contribution < 1.29 is 9.53 Å². The van der Waals surface area contributed by atoms with E-state index in [0.29, 0.717) is 12.1 Å². The number of hydrogen-bond acceptors (Lipinski definition) is 4. The molecule has 0 heterocycles. The van der Waals surface area contributed by atoms with Crippen molar-refractivity contribution in [3.63, 3.8) is 0 Å². The third kappa shape index (κ3) is 4.25. The molecule has 1 rings (SSSR count). The lowest BCUT2D eigenvalue weighted by atomic mass is 10.1. The Labute approximate surface area is 101 Å². The lowest BCUT2D eigenvalue weighted by Gasteiger charge is -2.18. The second kappa shape index (κ2) is 6.66. The van der Waals surface area contributed by atoms with Crippen molar-refractivity contribution in [2.45, 2.75) is 13.5 Å². The second-order valence-electron chi connectivity index (χ2n) is 3.69. The molecule has 4 heteroatoms. The van der Waals surface area contributed by atoms with Crippen molar-refractivity contribution in [2.24, 2.45) is 0 Å². The fraction of sp³-hybridized carbons (Fsp3) is 0.385. The first kappa shape index (κ1) is 13.2. The number of ether oxygens (including phenoxy) is 1. The number of carbonyl (C=O) groups excluding carboxylic acids is 1. The Morgan fingerprint density at radius 1 is 1.41 bits per heavy atom. The van der Waals surface area contributed by atoms with E-state index in [0.717, 1.165) is 12.1 Å². The van der Waals surface area contributed by atoms with Gasteiger partial charge >= 0.3 is 5.97 Å². The van der Waals surface area contributed by atoms with E-state index in [1.54, 1.807) is 12.1 Å². The van der Waals surface area contributed by atoms with E-state index in [-0.39, 0.29) is 12.5 Å². The molecule has 1 aromatic carbocycles. The number of esters is 1. The summed E-state index contributed by atoms with van der Waals surface area (Å²) in [5.74, 6) is -0.236. The lowest BCUT2D eigenvalue weighted by Crippen LogP contribution is -2.29. The maximum absolute atomic E-state index is 11.2. The van der Waals surface area contributed by atoms with Gasteiger partial charge in [-0.15, -0.1) is 0 Å². The van der Waals surface area contributed by atoms with Gasteiger partial charge in [-0.05, 0) is 24.2 Å². The van der Waals surface area contributed by atoms with Gasteiger partial charge < -0.3 is 4.74 Å². The maximum atomic E-state index is 11.2. The van der Waals surface area contributed by atoms with Gasteiger partial charge in [0.1, 0.15) is 0 Å². The van der Waals surface area contributed by atoms with Crippen LogP contribution in [-0.4, -0.2) is 31.1 Å². The number of benzene rings is 1. The Balaban J connectivity index is 2.61. The van der Waals surface area contributed by atoms with Crippen molar-refractivity contribution >= 4 is 5.97 Å². The highest BCUT2D eigenvalue weighted by atomic mass is 16.5.